The first-order chi connectivity index (χ1) is 20.9. The quantitative estimate of drug-likeness (QED) is 0.282. The van der Waals surface area contributed by atoms with E-state index in [0.29, 0.717) is 43.3 Å². The molecule has 4 heterocycles. The molecule has 5 rings (SSSR count). The summed E-state index contributed by atoms with van der Waals surface area (Å²) >= 11 is 0. The zero-order valence-corrected chi connectivity index (χ0v) is 25.1. The number of ketones is 1. The molecule has 0 spiro atoms. The highest BCUT2D eigenvalue weighted by molar-refractivity contribution is 5.94. The Bertz CT molecular complexity index is 1370. The lowest BCUT2D eigenvalue weighted by atomic mass is 9.94. The first-order valence-electron chi connectivity index (χ1n) is 15.3. The predicted octanol–water partition coefficient (Wildman–Crippen LogP) is 3.94. The topological polar surface area (TPSA) is 134 Å². The number of carbonyl (C=O) groups is 2. The number of amides is 1. The average molecular weight is 591 g/mol. The molecule has 2 aromatic heterocycles. The van der Waals surface area contributed by atoms with Gasteiger partial charge in [-0.05, 0) is 61.8 Å². The number of fused-ring (bicyclic) bond motifs is 1. The maximum absolute atomic E-state index is 12.9. The second-order valence-corrected chi connectivity index (χ2v) is 11.5. The summed E-state index contributed by atoms with van der Waals surface area (Å²) < 4.78 is 11.2. The van der Waals surface area contributed by atoms with E-state index in [1.807, 2.05) is 17.9 Å². The lowest BCUT2D eigenvalue weighted by Crippen LogP contribution is -2.42. The van der Waals surface area contributed by atoms with Crippen LogP contribution >= 0.6 is 0 Å². The Morgan fingerprint density at radius 2 is 2.02 bits per heavy atom. The van der Waals surface area contributed by atoms with Crippen molar-refractivity contribution in [2.75, 3.05) is 31.5 Å². The minimum atomic E-state index is -0.615. The van der Waals surface area contributed by atoms with Crippen LogP contribution in [0, 0.1) is 6.92 Å². The molecule has 0 bridgehead atoms. The number of oxazole rings is 1. The number of β-amino-alcohol motifs (C(OH)–C–C–N with tert-alkyl or cyclic N) is 1. The molecule has 11 nitrogen and oxygen atoms in total. The van der Waals surface area contributed by atoms with Crippen molar-refractivity contribution in [3.8, 4) is 5.75 Å². The van der Waals surface area contributed by atoms with Gasteiger partial charge in [0.15, 0.2) is 17.9 Å². The Labute approximate surface area is 252 Å². The molecule has 11 heteroatoms. The molecule has 3 aromatic rings. The van der Waals surface area contributed by atoms with Gasteiger partial charge in [-0.2, -0.15) is 0 Å². The summed E-state index contributed by atoms with van der Waals surface area (Å²) in [6.45, 7) is 7.98. The van der Waals surface area contributed by atoms with Crippen LogP contribution in [0.15, 0.2) is 41.5 Å². The number of aromatic nitrogens is 3. The van der Waals surface area contributed by atoms with E-state index in [1.54, 1.807) is 12.3 Å². The van der Waals surface area contributed by atoms with E-state index in [2.05, 4.69) is 38.2 Å². The molecular weight excluding hydrogens is 548 g/mol. The van der Waals surface area contributed by atoms with Crippen LogP contribution in [0.4, 0.5) is 5.82 Å². The zero-order chi connectivity index (χ0) is 30.2. The van der Waals surface area contributed by atoms with Crippen LogP contribution in [0.1, 0.15) is 78.4 Å². The molecule has 1 saturated heterocycles. The molecule has 0 aliphatic carbocycles. The van der Waals surface area contributed by atoms with E-state index in [4.69, 9.17) is 9.15 Å². The van der Waals surface area contributed by atoms with Crippen molar-refractivity contribution in [2.45, 2.75) is 84.1 Å². The van der Waals surface area contributed by atoms with Crippen molar-refractivity contribution in [3.05, 3.63) is 65.3 Å². The van der Waals surface area contributed by atoms with Gasteiger partial charge in [-0.1, -0.05) is 13.0 Å². The van der Waals surface area contributed by atoms with Crippen molar-refractivity contribution >= 4 is 17.5 Å². The lowest BCUT2D eigenvalue weighted by molar-refractivity contribution is -0.132. The Balaban J connectivity index is 1.06. The van der Waals surface area contributed by atoms with Gasteiger partial charge in [0.05, 0.1) is 12.3 Å². The minimum absolute atomic E-state index is 0.109. The number of ether oxygens (including phenoxy) is 1. The van der Waals surface area contributed by atoms with Crippen LogP contribution in [0.2, 0.25) is 0 Å². The van der Waals surface area contributed by atoms with Gasteiger partial charge < -0.3 is 24.5 Å². The molecular formula is C32H42N6O5. The molecule has 1 atom stereocenters. The molecule has 0 saturated carbocycles. The van der Waals surface area contributed by atoms with Gasteiger partial charge in [0, 0.05) is 57.7 Å². The van der Waals surface area contributed by atoms with Gasteiger partial charge >= 0.3 is 0 Å². The van der Waals surface area contributed by atoms with Gasteiger partial charge in [-0.25, -0.2) is 15.0 Å². The normalized spacial score (nSPS) is 16.5. The fraction of sp³-hybridized carbons (Fsp3) is 0.531. The first kappa shape index (κ1) is 30.6. The number of anilines is 1. The molecule has 1 amide bonds. The van der Waals surface area contributed by atoms with Gasteiger partial charge in [0.2, 0.25) is 5.91 Å². The number of Topliss-reactive ketones (excluding diaryl/α,β-unsaturated/α-hetero) is 1. The Kier molecular flexibility index (Phi) is 10.4. The number of benzene rings is 1. The summed E-state index contributed by atoms with van der Waals surface area (Å²) in [6.07, 6.45) is 8.43. The highest BCUT2D eigenvalue weighted by Gasteiger charge is 2.24. The number of carbonyl (C=O) groups excluding carboxylic acids is 2. The smallest absolute Gasteiger partial charge is 0.222 e. The van der Waals surface area contributed by atoms with E-state index in [9.17, 15) is 14.7 Å². The second-order valence-electron chi connectivity index (χ2n) is 11.5. The lowest BCUT2D eigenvalue weighted by Gasteiger charge is -2.32. The maximum atomic E-state index is 12.9. The summed E-state index contributed by atoms with van der Waals surface area (Å²) in [5.74, 6) is 2.25. The van der Waals surface area contributed by atoms with Crippen molar-refractivity contribution in [1.29, 1.82) is 0 Å². The van der Waals surface area contributed by atoms with Crippen molar-refractivity contribution in [1.82, 2.24) is 24.8 Å². The number of aliphatic hydroxyl groups is 1. The third-order valence-electron chi connectivity index (χ3n) is 8.36. The molecule has 0 unspecified atom stereocenters. The highest BCUT2D eigenvalue weighted by Crippen LogP contribution is 2.30. The van der Waals surface area contributed by atoms with Crippen LogP contribution in [0.3, 0.4) is 0 Å². The predicted molar refractivity (Wildman–Crippen MR) is 161 cm³/mol. The standard InChI is InChI=1S/C32H42N6O5/c1-3-4-32(41)38-13-9-24(10-14-38)36-31-15-28(34-20-35-31)29(40)7-6-25(39)18-37-12-11-27-22(2)30(8-5-23(27)17-37)42-19-26-16-33-21-43-26/h5,8,15-16,20-21,24-25,39H,3-4,6-7,9-14,17-19H2,1-2H3,(H,34,35,36)/t25-/m0/s1. The number of rotatable bonds is 13. The zero-order valence-electron chi connectivity index (χ0n) is 25.1. The summed E-state index contributed by atoms with van der Waals surface area (Å²) in [7, 11) is 0. The van der Waals surface area contributed by atoms with Crippen molar-refractivity contribution < 1.29 is 23.8 Å². The molecule has 2 aliphatic rings. The van der Waals surface area contributed by atoms with E-state index in [-0.39, 0.29) is 24.2 Å². The average Bonchev–Trinajstić information content (AvgIpc) is 3.54. The molecule has 1 aromatic carbocycles. The maximum Gasteiger partial charge on any atom is 0.222 e. The Hall–Kier alpha value is -3.83. The summed E-state index contributed by atoms with van der Waals surface area (Å²) in [5.41, 5.74) is 4.01. The SMILES string of the molecule is CCCC(=O)N1CCC(Nc2cc(C(=O)CC[C@H](O)CN3CCc4c(ccc(OCc5cnco5)c4C)C3)ncn2)CC1. The van der Waals surface area contributed by atoms with Crippen LogP contribution < -0.4 is 10.1 Å². The monoisotopic (exact) mass is 590 g/mol. The van der Waals surface area contributed by atoms with Gasteiger partial charge in [-0.3, -0.25) is 14.5 Å². The van der Waals surface area contributed by atoms with E-state index in [0.717, 1.165) is 63.2 Å². The molecule has 2 N–H and O–H groups in total. The fourth-order valence-corrected chi connectivity index (χ4v) is 5.91. The summed E-state index contributed by atoms with van der Waals surface area (Å²) in [4.78, 5) is 41.6. The van der Waals surface area contributed by atoms with Crippen LogP contribution in [-0.4, -0.2) is 79.9 Å². The number of nitrogens with one attached hydrogen (secondary N) is 1. The Morgan fingerprint density at radius 3 is 2.79 bits per heavy atom. The Morgan fingerprint density at radius 1 is 1.19 bits per heavy atom. The van der Waals surface area contributed by atoms with Crippen molar-refractivity contribution in [3.63, 3.8) is 0 Å². The highest BCUT2D eigenvalue weighted by atomic mass is 16.5. The van der Waals surface area contributed by atoms with E-state index < -0.39 is 6.10 Å². The minimum Gasteiger partial charge on any atom is -0.485 e. The molecule has 2 aliphatic heterocycles. The number of nitrogens with zero attached hydrogens (tertiary/aromatic N) is 5. The van der Waals surface area contributed by atoms with Gasteiger partial charge in [0.25, 0.3) is 0 Å². The van der Waals surface area contributed by atoms with Gasteiger partial charge in [0.1, 0.15) is 30.2 Å². The third kappa shape index (κ3) is 8.17. The number of piperidine rings is 1. The van der Waals surface area contributed by atoms with Crippen molar-refractivity contribution in [2.24, 2.45) is 0 Å². The second kappa shape index (κ2) is 14.6. The van der Waals surface area contributed by atoms with Gasteiger partial charge in [-0.15, -0.1) is 0 Å². The summed E-state index contributed by atoms with van der Waals surface area (Å²) in [5, 5.41) is 14.2. The summed E-state index contributed by atoms with van der Waals surface area (Å²) in [6, 6.07) is 5.97. The van der Waals surface area contributed by atoms with Crippen LogP contribution in [0.25, 0.3) is 0 Å². The number of likely N-dealkylation sites (tertiary alicyclic amines) is 1. The number of aliphatic hydroxyl groups excluding tert-OH is 1. The number of hydrogen-bond acceptors (Lipinski definition) is 10. The van der Waals surface area contributed by atoms with E-state index >= 15 is 0 Å². The first-order valence-corrected chi connectivity index (χ1v) is 15.3. The fourth-order valence-electron chi connectivity index (χ4n) is 5.91. The molecule has 0 radical (unpaired) electrons. The molecule has 230 valence electrons. The van der Waals surface area contributed by atoms with Crippen LogP contribution in [0.5, 0.6) is 5.75 Å². The third-order valence-corrected chi connectivity index (χ3v) is 8.36. The largest absolute Gasteiger partial charge is 0.485 e. The van der Waals surface area contributed by atoms with E-state index in [1.165, 1.54) is 23.8 Å². The number of hydrogen-bond donors (Lipinski definition) is 2. The molecule has 1 fully saturated rings. The molecule has 43 heavy (non-hydrogen) atoms. The van der Waals surface area contributed by atoms with Crippen LogP contribution in [-0.2, 0) is 24.4 Å².